The summed E-state index contributed by atoms with van der Waals surface area (Å²) in [7, 11) is 0. The van der Waals surface area contributed by atoms with Crippen molar-refractivity contribution in [1.82, 2.24) is 0 Å². The predicted octanol–water partition coefficient (Wildman–Crippen LogP) is 5.11. The number of allylic oxidation sites excluding steroid dienone is 2. The summed E-state index contributed by atoms with van der Waals surface area (Å²) in [4.78, 5) is 0. The third-order valence-corrected chi connectivity index (χ3v) is 7.01. The Kier molecular flexibility index (Phi) is 2.80. The molecule has 3 unspecified atom stereocenters. The van der Waals surface area contributed by atoms with Crippen molar-refractivity contribution in [1.29, 1.82) is 0 Å². The van der Waals surface area contributed by atoms with Gasteiger partial charge in [0.15, 0.2) is 0 Å². The molecule has 0 heterocycles. The van der Waals surface area contributed by atoms with Gasteiger partial charge in [-0.1, -0.05) is 24.6 Å². The number of hydrogen-bond acceptors (Lipinski definition) is 1. The van der Waals surface area contributed by atoms with Gasteiger partial charge in [0.1, 0.15) is 5.75 Å². The molecule has 1 nitrogen and oxygen atoms in total. The second-order valence-corrected chi connectivity index (χ2v) is 7.83. The molecule has 1 aromatic carbocycles. The minimum absolute atomic E-state index is 0.463. The van der Waals surface area contributed by atoms with Crippen molar-refractivity contribution in [3.05, 3.63) is 40.5 Å². The van der Waals surface area contributed by atoms with E-state index in [9.17, 15) is 5.11 Å². The van der Waals surface area contributed by atoms with Crippen LogP contribution in [-0.4, -0.2) is 5.11 Å². The molecule has 21 heavy (non-hydrogen) atoms. The number of rotatable bonds is 0. The van der Waals surface area contributed by atoms with Gasteiger partial charge in [-0.05, 0) is 91.9 Å². The maximum Gasteiger partial charge on any atom is 0.118 e. The van der Waals surface area contributed by atoms with E-state index in [4.69, 9.17) is 0 Å². The summed E-state index contributed by atoms with van der Waals surface area (Å²) in [5.74, 6) is 2.89. The van der Waals surface area contributed by atoms with Gasteiger partial charge in [0.05, 0.1) is 0 Å². The molecule has 1 aromatic rings. The predicted molar refractivity (Wildman–Crippen MR) is 86.6 cm³/mol. The third kappa shape index (κ3) is 1.76. The van der Waals surface area contributed by atoms with E-state index < -0.39 is 0 Å². The molecule has 4 rings (SSSR count). The first-order valence-electron chi connectivity index (χ1n) is 8.50. The molecule has 112 valence electrons. The Morgan fingerprint density at radius 2 is 2.00 bits per heavy atom. The topological polar surface area (TPSA) is 20.2 Å². The zero-order valence-electron chi connectivity index (χ0n) is 13.4. The van der Waals surface area contributed by atoms with Crippen LogP contribution in [-0.2, 0) is 6.42 Å². The first-order valence-corrected chi connectivity index (χ1v) is 8.50. The minimum Gasteiger partial charge on any atom is -0.508 e. The number of hydrogen-bond donors (Lipinski definition) is 1. The Balaban J connectivity index is 1.74. The Labute approximate surface area is 128 Å². The molecule has 0 aliphatic heterocycles. The van der Waals surface area contributed by atoms with Crippen molar-refractivity contribution in [3.8, 4) is 5.75 Å². The van der Waals surface area contributed by atoms with Crippen molar-refractivity contribution in [2.75, 3.05) is 0 Å². The van der Waals surface area contributed by atoms with Gasteiger partial charge in [0.2, 0.25) is 0 Å². The van der Waals surface area contributed by atoms with Gasteiger partial charge in [0, 0.05) is 0 Å². The summed E-state index contributed by atoms with van der Waals surface area (Å²) >= 11 is 0. The van der Waals surface area contributed by atoms with Gasteiger partial charge in [-0.2, -0.15) is 0 Å². The van der Waals surface area contributed by atoms with Crippen molar-refractivity contribution in [2.45, 2.75) is 58.8 Å². The Morgan fingerprint density at radius 3 is 2.81 bits per heavy atom. The number of phenolic OH excluding ortho intramolecular Hbond substituents is 1. The summed E-state index contributed by atoms with van der Waals surface area (Å²) in [6, 6.07) is 4.31. The number of benzene rings is 1. The SMILES string of the molecule is CC1=CCC2C3CCc4cc(O)c(C)cc4C3CC[C@]12C. The minimum atomic E-state index is 0.463. The normalized spacial score (nSPS) is 37.5. The summed E-state index contributed by atoms with van der Waals surface area (Å²) in [6.45, 7) is 6.89. The lowest BCUT2D eigenvalue weighted by Gasteiger charge is -2.50. The molecule has 1 fully saturated rings. The number of aromatic hydroxyl groups is 1. The molecule has 1 heteroatoms. The first kappa shape index (κ1) is 13.4. The average molecular weight is 282 g/mol. The fourth-order valence-electron chi connectivity index (χ4n) is 5.50. The van der Waals surface area contributed by atoms with E-state index in [1.54, 1.807) is 11.1 Å². The highest BCUT2D eigenvalue weighted by molar-refractivity contribution is 5.45. The monoisotopic (exact) mass is 282 g/mol. The molecule has 1 saturated carbocycles. The standard InChI is InChI=1S/C20H26O/c1-12-10-17-14(11-19(12)21)5-6-16-15(17)8-9-20(3)13(2)4-7-18(16)20/h4,10-11,15-16,18,21H,5-9H2,1-3H3/t15?,16?,18?,20-/m1/s1. The fourth-order valence-corrected chi connectivity index (χ4v) is 5.50. The van der Waals surface area contributed by atoms with Gasteiger partial charge >= 0.3 is 0 Å². The van der Waals surface area contributed by atoms with Gasteiger partial charge in [-0.25, -0.2) is 0 Å². The van der Waals surface area contributed by atoms with Crippen molar-refractivity contribution in [3.63, 3.8) is 0 Å². The summed E-state index contributed by atoms with van der Waals surface area (Å²) in [6.07, 6.45) is 8.90. The van der Waals surface area contributed by atoms with E-state index in [-0.39, 0.29) is 0 Å². The van der Waals surface area contributed by atoms with Crippen LogP contribution in [0.2, 0.25) is 0 Å². The van der Waals surface area contributed by atoms with Crippen molar-refractivity contribution >= 4 is 0 Å². The van der Waals surface area contributed by atoms with Crippen LogP contribution in [0.25, 0.3) is 0 Å². The van der Waals surface area contributed by atoms with Gasteiger partial charge in [0.25, 0.3) is 0 Å². The highest BCUT2D eigenvalue weighted by Gasteiger charge is 2.50. The van der Waals surface area contributed by atoms with E-state index in [1.165, 1.54) is 31.2 Å². The fraction of sp³-hybridized carbons (Fsp3) is 0.600. The Bertz CT molecular complexity index is 627. The second-order valence-electron chi connectivity index (χ2n) is 7.83. The quantitative estimate of drug-likeness (QED) is 0.655. The van der Waals surface area contributed by atoms with E-state index in [0.717, 1.165) is 29.7 Å². The van der Waals surface area contributed by atoms with E-state index in [2.05, 4.69) is 26.0 Å². The molecule has 0 spiro atoms. The summed E-state index contributed by atoms with van der Waals surface area (Å²) in [5.41, 5.74) is 6.10. The molecule has 0 amide bonds. The molecular weight excluding hydrogens is 256 g/mol. The second kappa shape index (κ2) is 4.38. The molecule has 3 aliphatic carbocycles. The molecule has 3 aliphatic rings. The highest BCUT2D eigenvalue weighted by Crippen LogP contribution is 2.61. The lowest BCUT2D eigenvalue weighted by Crippen LogP contribution is -2.40. The largest absolute Gasteiger partial charge is 0.508 e. The van der Waals surface area contributed by atoms with E-state index in [0.29, 0.717) is 11.2 Å². The van der Waals surface area contributed by atoms with Crippen LogP contribution in [0.15, 0.2) is 23.8 Å². The lowest BCUT2D eigenvalue weighted by molar-refractivity contribution is 0.0753. The Morgan fingerprint density at radius 1 is 1.19 bits per heavy atom. The number of phenols is 1. The highest BCUT2D eigenvalue weighted by atomic mass is 16.3. The molecule has 4 atom stereocenters. The zero-order valence-corrected chi connectivity index (χ0v) is 13.4. The maximum atomic E-state index is 9.99. The maximum absolute atomic E-state index is 9.99. The smallest absolute Gasteiger partial charge is 0.118 e. The molecule has 1 N–H and O–H groups in total. The van der Waals surface area contributed by atoms with E-state index in [1.807, 2.05) is 13.0 Å². The average Bonchev–Trinajstić information content (AvgIpc) is 2.76. The van der Waals surface area contributed by atoms with Crippen LogP contribution >= 0.6 is 0 Å². The van der Waals surface area contributed by atoms with Crippen LogP contribution < -0.4 is 0 Å². The number of aryl methyl sites for hydroxylation is 2. The van der Waals surface area contributed by atoms with Gasteiger partial charge < -0.3 is 5.11 Å². The van der Waals surface area contributed by atoms with Crippen LogP contribution in [0, 0.1) is 24.2 Å². The van der Waals surface area contributed by atoms with Gasteiger partial charge in [-0.15, -0.1) is 0 Å². The number of fused-ring (bicyclic) bond motifs is 5. The first-order chi connectivity index (χ1) is 10.0. The molecule has 0 bridgehead atoms. The molecule has 0 radical (unpaired) electrons. The van der Waals surface area contributed by atoms with Crippen LogP contribution in [0.4, 0.5) is 0 Å². The summed E-state index contributed by atoms with van der Waals surface area (Å²) < 4.78 is 0. The summed E-state index contributed by atoms with van der Waals surface area (Å²) in [5, 5.41) is 9.99. The molecular formula is C20H26O. The van der Waals surface area contributed by atoms with Crippen LogP contribution in [0.1, 0.15) is 62.1 Å². The van der Waals surface area contributed by atoms with E-state index >= 15 is 0 Å². The molecule has 0 saturated heterocycles. The van der Waals surface area contributed by atoms with Crippen LogP contribution in [0.3, 0.4) is 0 Å². The lowest BCUT2D eigenvalue weighted by atomic mass is 9.54. The van der Waals surface area contributed by atoms with Gasteiger partial charge in [-0.3, -0.25) is 0 Å². The zero-order chi connectivity index (χ0) is 14.8. The third-order valence-electron chi connectivity index (χ3n) is 7.01. The van der Waals surface area contributed by atoms with Crippen molar-refractivity contribution < 1.29 is 5.11 Å². The Hall–Kier alpha value is -1.24. The molecule has 0 aromatic heterocycles. The van der Waals surface area contributed by atoms with Crippen molar-refractivity contribution in [2.24, 2.45) is 17.3 Å². The van der Waals surface area contributed by atoms with Crippen LogP contribution in [0.5, 0.6) is 5.75 Å².